The third-order valence-corrected chi connectivity index (χ3v) is 3.25. The predicted octanol–water partition coefficient (Wildman–Crippen LogP) is 2.25. The zero-order valence-corrected chi connectivity index (χ0v) is 11.0. The average molecular weight is 260 g/mol. The van der Waals surface area contributed by atoms with Gasteiger partial charge in [-0.25, -0.2) is 0 Å². The largest absolute Gasteiger partial charge is 0.502 e. The number of amides is 1. The quantitative estimate of drug-likeness (QED) is 0.584. The van der Waals surface area contributed by atoms with Crippen LogP contribution in [0.25, 0.3) is 0 Å². The van der Waals surface area contributed by atoms with Crippen molar-refractivity contribution in [3.63, 3.8) is 0 Å². The lowest BCUT2D eigenvalue weighted by molar-refractivity contribution is -0.121. The Balaban J connectivity index is 1.73. The van der Waals surface area contributed by atoms with Crippen molar-refractivity contribution in [3.05, 3.63) is 42.7 Å². The first-order valence-electron chi connectivity index (χ1n) is 6.63. The van der Waals surface area contributed by atoms with E-state index in [1.165, 1.54) is 11.8 Å². The number of fused-ring (bicyclic) bond motifs is 1. The van der Waals surface area contributed by atoms with Crippen LogP contribution in [0.1, 0.15) is 24.3 Å². The van der Waals surface area contributed by atoms with E-state index >= 15 is 0 Å². The summed E-state index contributed by atoms with van der Waals surface area (Å²) in [6.45, 7) is 5.55. The standard InChI is InChI=1S/C15H20N2O2/c1-2-19-9-5-8-16-15(18)10-12-11-17-14-7-4-3-6-13(12)14/h2-4,6-7,12,17H,1,5,8-11H2,(H,16,18). The molecule has 2 rings (SSSR count). The van der Waals surface area contributed by atoms with Crippen molar-refractivity contribution in [1.82, 2.24) is 5.32 Å². The van der Waals surface area contributed by atoms with Gasteiger partial charge in [0, 0.05) is 31.1 Å². The zero-order chi connectivity index (χ0) is 13.5. The van der Waals surface area contributed by atoms with Gasteiger partial charge in [-0.05, 0) is 18.1 Å². The maximum Gasteiger partial charge on any atom is 0.220 e. The number of rotatable bonds is 7. The van der Waals surface area contributed by atoms with E-state index in [2.05, 4.69) is 29.3 Å². The van der Waals surface area contributed by atoms with Crippen molar-refractivity contribution in [1.29, 1.82) is 0 Å². The Bertz CT molecular complexity index is 446. The summed E-state index contributed by atoms with van der Waals surface area (Å²) in [6, 6.07) is 8.17. The maximum absolute atomic E-state index is 11.8. The molecule has 0 fully saturated rings. The molecule has 2 N–H and O–H groups in total. The van der Waals surface area contributed by atoms with Gasteiger partial charge in [0.1, 0.15) is 0 Å². The Labute approximate surface area is 113 Å². The lowest BCUT2D eigenvalue weighted by Crippen LogP contribution is -2.27. The molecule has 0 spiro atoms. The number of para-hydroxylation sites is 1. The topological polar surface area (TPSA) is 50.4 Å². The molecule has 4 nitrogen and oxygen atoms in total. The molecule has 102 valence electrons. The molecule has 0 radical (unpaired) electrons. The van der Waals surface area contributed by atoms with E-state index in [1.54, 1.807) is 0 Å². The highest BCUT2D eigenvalue weighted by Gasteiger charge is 2.23. The average Bonchev–Trinajstić information content (AvgIpc) is 2.82. The van der Waals surface area contributed by atoms with Crippen LogP contribution in [0.4, 0.5) is 5.69 Å². The van der Waals surface area contributed by atoms with Crippen LogP contribution in [0.15, 0.2) is 37.1 Å². The van der Waals surface area contributed by atoms with Gasteiger partial charge in [0.05, 0.1) is 12.9 Å². The number of benzene rings is 1. The second kappa shape index (κ2) is 6.83. The molecule has 1 heterocycles. The summed E-state index contributed by atoms with van der Waals surface area (Å²) in [5.41, 5.74) is 2.40. The van der Waals surface area contributed by atoms with Crippen LogP contribution in [0.2, 0.25) is 0 Å². The van der Waals surface area contributed by atoms with Gasteiger partial charge in [-0.2, -0.15) is 0 Å². The molecular formula is C15H20N2O2. The van der Waals surface area contributed by atoms with Crippen molar-refractivity contribution in [2.24, 2.45) is 0 Å². The van der Waals surface area contributed by atoms with E-state index in [1.807, 2.05) is 12.1 Å². The molecule has 19 heavy (non-hydrogen) atoms. The molecular weight excluding hydrogens is 240 g/mol. The molecule has 0 saturated heterocycles. The van der Waals surface area contributed by atoms with Gasteiger partial charge in [0.2, 0.25) is 5.91 Å². The van der Waals surface area contributed by atoms with Crippen LogP contribution in [0.3, 0.4) is 0 Å². The number of nitrogens with one attached hydrogen (secondary N) is 2. The second-order valence-corrected chi connectivity index (χ2v) is 4.61. The van der Waals surface area contributed by atoms with Gasteiger partial charge < -0.3 is 15.4 Å². The van der Waals surface area contributed by atoms with Crippen LogP contribution in [0, 0.1) is 0 Å². The van der Waals surface area contributed by atoms with Gasteiger partial charge in [0.15, 0.2) is 0 Å². The lowest BCUT2D eigenvalue weighted by Gasteiger charge is -2.10. The molecule has 0 aromatic heterocycles. The number of carbonyl (C=O) groups is 1. The third kappa shape index (κ3) is 3.74. The first-order chi connectivity index (χ1) is 9.31. The summed E-state index contributed by atoms with van der Waals surface area (Å²) in [7, 11) is 0. The van der Waals surface area contributed by atoms with Gasteiger partial charge in [-0.1, -0.05) is 24.8 Å². The fourth-order valence-corrected chi connectivity index (χ4v) is 2.30. The summed E-state index contributed by atoms with van der Waals surface area (Å²) in [6.07, 6.45) is 2.76. The van der Waals surface area contributed by atoms with Crippen molar-refractivity contribution in [2.75, 3.05) is 25.0 Å². The number of ether oxygens (including phenoxy) is 1. The van der Waals surface area contributed by atoms with Gasteiger partial charge in [-0.3, -0.25) is 4.79 Å². The summed E-state index contributed by atoms with van der Waals surface area (Å²) in [5.74, 6) is 0.378. The highest BCUT2D eigenvalue weighted by molar-refractivity contribution is 5.78. The van der Waals surface area contributed by atoms with Crippen molar-refractivity contribution in [2.45, 2.75) is 18.8 Å². The smallest absolute Gasteiger partial charge is 0.220 e. The summed E-state index contributed by atoms with van der Waals surface area (Å²) < 4.78 is 5.00. The fourth-order valence-electron chi connectivity index (χ4n) is 2.30. The number of hydrogen-bond donors (Lipinski definition) is 2. The van der Waals surface area contributed by atoms with Crippen molar-refractivity contribution in [3.8, 4) is 0 Å². The first kappa shape index (κ1) is 13.5. The molecule has 1 aromatic rings. The van der Waals surface area contributed by atoms with E-state index in [0.717, 1.165) is 18.7 Å². The molecule has 0 aliphatic carbocycles. The molecule has 1 unspecified atom stereocenters. The highest BCUT2D eigenvalue weighted by atomic mass is 16.5. The van der Waals surface area contributed by atoms with Crippen LogP contribution < -0.4 is 10.6 Å². The molecule has 1 amide bonds. The minimum Gasteiger partial charge on any atom is -0.502 e. The van der Waals surface area contributed by atoms with Crippen molar-refractivity contribution >= 4 is 11.6 Å². The summed E-state index contributed by atoms with van der Waals surface area (Å²) in [5, 5.41) is 6.25. The summed E-state index contributed by atoms with van der Waals surface area (Å²) in [4.78, 5) is 11.8. The molecule has 4 heteroatoms. The van der Waals surface area contributed by atoms with Crippen LogP contribution in [-0.4, -0.2) is 25.6 Å². The Kier molecular flexibility index (Phi) is 4.84. The first-order valence-corrected chi connectivity index (χ1v) is 6.63. The van der Waals surface area contributed by atoms with Gasteiger partial charge in [-0.15, -0.1) is 0 Å². The summed E-state index contributed by atoms with van der Waals surface area (Å²) >= 11 is 0. The maximum atomic E-state index is 11.8. The van der Waals surface area contributed by atoms with E-state index in [-0.39, 0.29) is 11.8 Å². The predicted molar refractivity (Wildman–Crippen MR) is 76.1 cm³/mol. The van der Waals surface area contributed by atoms with Crippen LogP contribution >= 0.6 is 0 Å². The fraction of sp³-hybridized carbons (Fsp3) is 0.400. The molecule has 0 saturated carbocycles. The molecule has 1 atom stereocenters. The van der Waals surface area contributed by atoms with Gasteiger partial charge >= 0.3 is 0 Å². The van der Waals surface area contributed by atoms with Crippen LogP contribution in [0.5, 0.6) is 0 Å². The Hall–Kier alpha value is -1.97. The Morgan fingerprint density at radius 1 is 1.53 bits per heavy atom. The second-order valence-electron chi connectivity index (χ2n) is 4.61. The molecule has 1 aliphatic rings. The lowest BCUT2D eigenvalue weighted by atomic mass is 9.97. The Morgan fingerprint density at radius 3 is 3.21 bits per heavy atom. The minimum absolute atomic E-state index is 0.0992. The molecule has 0 bridgehead atoms. The normalized spacial score (nSPS) is 16.3. The van der Waals surface area contributed by atoms with Crippen LogP contribution in [-0.2, 0) is 9.53 Å². The monoisotopic (exact) mass is 260 g/mol. The Morgan fingerprint density at radius 2 is 2.37 bits per heavy atom. The van der Waals surface area contributed by atoms with E-state index in [4.69, 9.17) is 4.74 Å². The molecule has 1 aliphatic heterocycles. The van der Waals surface area contributed by atoms with Crippen molar-refractivity contribution < 1.29 is 9.53 Å². The minimum atomic E-state index is 0.0992. The van der Waals surface area contributed by atoms with E-state index in [9.17, 15) is 4.79 Å². The molecule has 1 aromatic carbocycles. The third-order valence-electron chi connectivity index (χ3n) is 3.25. The number of hydrogen-bond acceptors (Lipinski definition) is 3. The SMILES string of the molecule is C=COCCCNC(=O)CC1CNc2ccccc21. The van der Waals surface area contributed by atoms with Gasteiger partial charge in [0.25, 0.3) is 0 Å². The number of anilines is 1. The van der Waals surface area contributed by atoms with E-state index in [0.29, 0.717) is 19.6 Å². The number of carbonyl (C=O) groups excluding carboxylic acids is 1. The van der Waals surface area contributed by atoms with E-state index < -0.39 is 0 Å². The zero-order valence-electron chi connectivity index (χ0n) is 11.0. The highest BCUT2D eigenvalue weighted by Crippen LogP contribution is 2.32.